The van der Waals surface area contributed by atoms with Gasteiger partial charge in [-0.3, -0.25) is 0 Å². The third-order valence-corrected chi connectivity index (χ3v) is 6.40. The number of thioether (sulfide) groups is 2. The quantitative estimate of drug-likeness (QED) is 0.640. The fraction of sp³-hybridized carbons (Fsp3) is 0.400. The van der Waals surface area contributed by atoms with Gasteiger partial charge in [0.1, 0.15) is 3.14 Å². The van der Waals surface area contributed by atoms with E-state index in [1.807, 2.05) is 0 Å². The van der Waals surface area contributed by atoms with Crippen LogP contribution >= 0.6 is 58.4 Å². The summed E-state index contributed by atoms with van der Waals surface area (Å²) in [7, 11) is 0. The van der Waals surface area contributed by atoms with Crippen LogP contribution in [-0.2, 0) is 4.74 Å². The smallest absolute Gasteiger partial charge is 0.145 e. The van der Waals surface area contributed by atoms with Gasteiger partial charge in [-0.15, -0.1) is 22.7 Å². The predicted molar refractivity (Wildman–Crippen MR) is 55.6 cm³/mol. The lowest BCUT2D eigenvalue weighted by Crippen LogP contribution is -1.83. The molecule has 6 heteroatoms. The van der Waals surface area contributed by atoms with Crippen LogP contribution in [0.15, 0.2) is 8.42 Å². The molecule has 60 valence electrons. The molecule has 1 nitrogen and oxygen atoms in total. The van der Waals surface area contributed by atoms with E-state index in [0.29, 0.717) is 0 Å². The molecule has 0 bridgehead atoms. The maximum absolute atomic E-state index is 5.28. The Kier molecular flexibility index (Phi) is 2.91. The molecule has 1 aromatic heterocycles. The summed E-state index contributed by atoms with van der Waals surface area (Å²) in [6.45, 7) is 0. The van der Waals surface area contributed by atoms with Gasteiger partial charge in [0.15, 0.2) is 0 Å². The van der Waals surface area contributed by atoms with Crippen molar-refractivity contribution in [1.82, 2.24) is 0 Å². The highest BCUT2D eigenvalue weighted by molar-refractivity contribution is 8.05. The first-order valence-electron chi connectivity index (χ1n) is 2.83. The van der Waals surface area contributed by atoms with Crippen LogP contribution in [-0.4, -0.2) is 11.9 Å². The van der Waals surface area contributed by atoms with Gasteiger partial charge in [-0.05, 0) is 0 Å². The lowest BCUT2D eigenvalue weighted by molar-refractivity contribution is 0.241. The summed E-state index contributed by atoms with van der Waals surface area (Å²) in [5.74, 6) is 1.53. The Balaban J connectivity index is 2.39. The average molecular weight is 240 g/mol. The minimum atomic E-state index is 0.766. The predicted octanol–water partition coefficient (Wildman–Crippen LogP) is 3.67. The molecule has 0 unspecified atom stereocenters. The molecule has 0 amide bonds. The van der Waals surface area contributed by atoms with Crippen LogP contribution in [0.3, 0.4) is 0 Å². The van der Waals surface area contributed by atoms with Gasteiger partial charge in [0.2, 0.25) is 0 Å². The molecule has 0 fully saturated rings. The Morgan fingerprint density at radius 3 is 2.18 bits per heavy atom. The third-order valence-electron chi connectivity index (χ3n) is 1.07. The van der Waals surface area contributed by atoms with E-state index in [9.17, 15) is 0 Å². The Bertz CT molecular complexity index is 274. The molecule has 0 saturated heterocycles. The van der Waals surface area contributed by atoms with E-state index in [4.69, 9.17) is 17.0 Å². The van der Waals surface area contributed by atoms with E-state index in [1.165, 1.54) is 8.42 Å². The average Bonchev–Trinajstić information content (AvgIpc) is 2.17. The first-order valence-corrected chi connectivity index (χ1v) is 6.85. The molecule has 0 aliphatic carbocycles. The topological polar surface area (TPSA) is 9.23 Å². The van der Waals surface area contributed by atoms with Crippen molar-refractivity contribution >= 4 is 58.4 Å². The first kappa shape index (κ1) is 8.52. The van der Waals surface area contributed by atoms with Gasteiger partial charge in [0, 0.05) is 0 Å². The summed E-state index contributed by atoms with van der Waals surface area (Å²) < 4.78 is 8.98. The van der Waals surface area contributed by atoms with Crippen LogP contribution < -0.4 is 0 Å². The van der Waals surface area contributed by atoms with Crippen molar-refractivity contribution in [2.75, 3.05) is 11.9 Å². The zero-order valence-corrected chi connectivity index (χ0v) is 9.45. The molecular weight excluding hydrogens is 236 g/mol. The molecule has 1 aliphatic rings. The highest BCUT2D eigenvalue weighted by Gasteiger charge is 2.11. The minimum absolute atomic E-state index is 0.766. The van der Waals surface area contributed by atoms with Gasteiger partial charge in [0.25, 0.3) is 0 Å². The molecule has 11 heavy (non-hydrogen) atoms. The molecule has 0 radical (unpaired) electrons. The number of ether oxygens (including phenoxy) is 1. The molecule has 2 heterocycles. The van der Waals surface area contributed by atoms with Crippen molar-refractivity contribution in [2.24, 2.45) is 0 Å². The Labute approximate surface area is 86.2 Å². The van der Waals surface area contributed by atoms with E-state index >= 15 is 0 Å². The Morgan fingerprint density at radius 1 is 1.09 bits per heavy atom. The number of hydrogen-bond donors (Lipinski definition) is 0. The summed E-state index contributed by atoms with van der Waals surface area (Å²) in [5.41, 5.74) is 0. The van der Waals surface area contributed by atoms with Crippen LogP contribution in [0.1, 0.15) is 0 Å². The molecule has 0 N–H and O–H groups in total. The van der Waals surface area contributed by atoms with Crippen molar-refractivity contribution < 1.29 is 4.74 Å². The number of rotatable bonds is 0. The summed E-state index contributed by atoms with van der Waals surface area (Å²) in [5, 5.41) is 0. The van der Waals surface area contributed by atoms with Crippen LogP contribution in [0.4, 0.5) is 0 Å². The van der Waals surface area contributed by atoms with E-state index in [-0.39, 0.29) is 0 Å². The van der Waals surface area contributed by atoms with E-state index in [0.717, 1.165) is 15.0 Å². The van der Waals surface area contributed by atoms with Gasteiger partial charge in [0.05, 0.1) is 20.3 Å². The van der Waals surface area contributed by atoms with E-state index < -0.39 is 0 Å². The minimum Gasteiger partial charge on any atom is -0.359 e. The molecule has 1 aromatic rings. The fourth-order valence-electron chi connectivity index (χ4n) is 0.657. The molecule has 0 aromatic carbocycles. The van der Waals surface area contributed by atoms with Gasteiger partial charge in [-0.25, -0.2) is 0 Å². The summed E-state index contributed by atoms with van der Waals surface area (Å²) in [4.78, 5) is 0. The van der Waals surface area contributed by atoms with Crippen molar-refractivity contribution in [3.05, 3.63) is 3.14 Å². The second-order valence-electron chi connectivity index (χ2n) is 1.76. The van der Waals surface area contributed by atoms with Crippen LogP contribution in [0, 0.1) is 3.14 Å². The zero-order chi connectivity index (χ0) is 7.68. The highest BCUT2D eigenvalue weighted by atomic mass is 32.2. The normalized spacial score (nSPS) is 17.5. The van der Waals surface area contributed by atoms with Gasteiger partial charge in [-0.2, -0.15) is 0 Å². The molecule has 0 saturated carbocycles. The van der Waals surface area contributed by atoms with Crippen LogP contribution in [0.5, 0.6) is 0 Å². The summed E-state index contributed by atoms with van der Waals surface area (Å²) in [6.07, 6.45) is 0. The fourth-order valence-corrected chi connectivity index (χ4v) is 6.28. The summed E-state index contributed by atoms with van der Waals surface area (Å²) >= 11 is 12.0. The standard InChI is InChI=1S/C5H4OS5/c7-5-10-3-4(11-5)9-2-6-1-8-3/h1-2H2. The largest absolute Gasteiger partial charge is 0.359 e. The van der Waals surface area contributed by atoms with Crippen molar-refractivity contribution in [3.63, 3.8) is 0 Å². The first-order chi connectivity index (χ1) is 5.36. The van der Waals surface area contributed by atoms with Gasteiger partial charge in [-0.1, -0.05) is 35.7 Å². The molecule has 0 spiro atoms. The van der Waals surface area contributed by atoms with Gasteiger partial charge >= 0.3 is 0 Å². The van der Waals surface area contributed by atoms with Crippen molar-refractivity contribution in [3.8, 4) is 0 Å². The molecule has 1 aliphatic heterocycles. The maximum Gasteiger partial charge on any atom is 0.145 e. The number of fused-ring (bicyclic) bond motifs is 1. The van der Waals surface area contributed by atoms with Gasteiger partial charge < -0.3 is 4.74 Å². The second-order valence-corrected chi connectivity index (χ2v) is 7.36. The molecule has 2 rings (SSSR count). The monoisotopic (exact) mass is 240 g/mol. The van der Waals surface area contributed by atoms with E-state index in [1.54, 1.807) is 46.2 Å². The maximum atomic E-state index is 5.28. The SMILES string of the molecule is S=c1sc2c(s1)SCOCS2. The lowest BCUT2D eigenvalue weighted by atomic mass is 11.1. The molecular formula is C5H4OS5. The Hall–Kier alpha value is 0.930. The third kappa shape index (κ3) is 1.99. The Morgan fingerprint density at radius 2 is 1.64 bits per heavy atom. The van der Waals surface area contributed by atoms with Crippen LogP contribution in [0.2, 0.25) is 0 Å². The van der Waals surface area contributed by atoms with Crippen molar-refractivity contribution in [2.45, 2.75) is 8.42 Å². The van der Waals surface area contributed by atoms with E-state index in [2.05, 4.69) is 0 Å². The number of hydrogen-bond acceptors (Lipinski definition) is 6. The zero-order valence-electron chi connectivity index (χ0n) is 5.36. The highest BCUT2D eigenvalue weighted by Crippen LogP contribution is 2.42. The molecule has 0 atom stereocenters. The van der Waals surface area contributed by atoms with Crippen LogP contribution in [0.25, 0.3) is 0 Å². The second kappa shape index (κ2) is 3.76. The lowest BCUT2D eigenvalue weighted by Gasteiger charge is -1.91. The summed E-state index contributed by atoms with van der Waals surface area (Å²) in [6, 6.07) is 0. The van der Waals surface area contributed by atoms with Crippen molar-refractivity contribution in [1.29, 1.82) is 0 Å².